The summed E-state index contributed by atoms with van der Waals surface area (Å²) in [5.74, 6) is -0.450. The second kappa shape index (κ2) is 15.7. The van der Waals surface area contributed by atoms with Gasteiger partial charge in [0.2, 0.25) is 11.5 Å². The number of carbonyl (C=O) groups is 2. The summed E-state index contributed by atoms with van der Waals surface area (Å²) < 4.78 is 9.00. The van der Waals surface area contributed by atoms with Crippen molar-refractivity contribution in [3.63, 3.8) is 0 Å². The molecular weight excluding hydrogens is 725 g/mol. The van der Waals surface area contributed by atoms with Crippen LogP contribution in [0.25, 0.3) is 11.0 Å². The molecule has 0 spiro atoms. The maximum absolute atomic E-state index is 13.5. The molecule has 4 unspecified atom stereocenters. The molecule has 2 saturated heterocycles. The van der Waals surface area contributed by atoms with E-state index < -0.39 is 23.8 Å². The maximum Gasteiger partial charge on any atom is 0.349 e. The van der Waals surface area contributed by atoms with Crippen LogP contribution in [-0.2, 0) is 45.9 Å². The summed E-state index contributed by atoms with van der Waals surface area (Å²) in [5.41, 5.74) is 4.25. The lowest BCUT2D eigenvalue weighted by Gasteiger charge is -2.45. The first-order valence-corrected chi connectivity index (χ1v) is 21.5. The van der Waals surface area contributed by atoms with Crippen LogP contribution in [0, 0.1) is 11.8 Å². The molecule has 1 aromatic carbocycles. The van der Waals surface area contributed by atoms with Crippen molar-refractivity contribution in [2.24, 2.45) is 11.8 Å². The molecule has 5 heterocycles. The molecule has 5 atom stereocenters. The van der Waals surface area contributed by atoms with Gasteiger partial charge in [0.15, 0.2) is 0 Å². The molecule has 290 valence electrons. The van der Waals surface area contributed by atoms with Crippen LogP contribution in [0.1, 0.15) is 77.8 Å². The number of benzene rings is 1. The number of piperidine rings is 2. The highest BCUT2D eigenvalue weighted by Crippen LogP contribution is 2.39. The van der Waals surface area contributed by atoms with Gasteiger partial charge in [0.25, 0.3) is 0 Å². The van der Waals surface area contributed by atoms with E-state index in [-0.39, 0.29) is 29.9 Å². The summed E-state index contributed by atoms with van der Waals surface area (Å²) >= 11 is 2.72. The Morgan fingerprint density at radius 2 is 1.83 bits per heavy atom. The zero-order valence-electron chi connectivity index (χ0n) is 31.0. The second-order valence-corrected chi connectivity index (χ2v) is 18.1. The van der Waals surface area contributed by atoms with Crippen LogP contribution in [-0.4, -0.2) is 104 Å². The van der Waals surface area contributed by atoms with Gasteiger partial charge < -0.3 is 35.2 Å². The Bertz CT molecular complexity index is 1890. The first-order chi connectivity index (χ1) is 26.1. The number of aliphatic hydroxyl groups is 3. The van der Waals surface area contributed by atoms with Crippen molar-refractivity contribution in [3.8, 4) is 0 Å². The number of rotatable bonds is 13. The minimum Gasteiger partial charge on any atom is -0.459 e. The number of carbonyl (C=O) groups excluding carboxylic acids is 2. The van der Waals surface area contributed by atoms with Gasteiger partial charge >= 0.3 is 5.97 Å². The highest BCUT2D eigenvalue weighted by molar-refractivity contribution is 7.12. The molecule has 54 heavy (non-hydrogen) atoms. The molecule has 8 rings (SSSR count). The van der Waals surface area contributed by atoms with E-state index in [0.717, 1.165) is 86.6 Å². The van der Waals surface area contributed by atoms with Crippen molar-refractivity contribution < 1.29 is 34.1 Å². The van der Waals surface area contributed by atoms with Crippen molar-refractivity contribution in [2.45, 2.75) is 107 Å². The molecule has 0 radical (unpaired) electrons. The number of ether oxygens (including phenoxy) is 1. The number of thiophene rings is 2. The number of likely N-dealkylation sites (tertiary alicyclic amines) is 1. The fourth-order valence-corrected chi connectivity index (χ4v) is 11.5. The van der Waals surface area contributed by atoms with Crippen LogP contribution < -0.4 is 10.6 Å². The molecule has 3 aromatic heterocycles. The van der Waals surface area contributed by atoms with Crippen molar-refractivity contribution in [1.82, 2.24) is 25.6 Å². The van der Waals surface area contributed by atoms with Crippen LogP contribution >= 0.6 is 22.7 Å². The smallest absolute Gasteiger partial charge is 0.349 e. The van der Waals surface area contributed by atoms with Gasteiger partial charge in [-0.3, -0.25) is 4.79 Å². The Balaban J connectivity index is 0.844. The number of fused-ring (bicyclic) bond motifs is 4. The van der Waals surface area contributed by atoms with Crippen molar-refractivity contribution >= 4 is 45.6 Å². The summed E-state index contributed by atoms with van der Waals surface area (Å²) in [6.45, 7) is 4.67. The number of aromatic nitrogens is 3. The van der Waals surface area contributed by atoms with Crippen molar-refractivity contribution in [1.29, 1.82) is 0 Å². The topological polar surface area (TPSA) is 159 Å². The zero-order valence-corrected chi connectivity index (χ0v) is 32.6. The number of esters is 1. The Morgan fingerprint density at radius 1 is 1.09 bits per heavy atom. The highest BCUT2D eigenvalue weighted by atomic mass is 32.1. The number of quaternary nitrogens is 1. The monoisotopic (exact) mass is 777 g/mol. The molecule has 3 fully saturated rings. The lowest BCUT2D eigenvalue weighted by atomic mass is 9.68. The molecule has 0 bridgehead atoms. The summed E-state index contributed by atoms with van der Waals surface area (Å²) in [5, 5.41) is 52.8. The molecular formula is C40H53N6O6S2+. The third kappa shape index (κ3) is 7.38. The van der Waals surface area contributed by atoms with Gasteiger partial charge in [-0.05, 0) is 96.0 Å². The normalized spacial score (nSPS) is 27.7. The summed E-state index contributed by atoms with van der Waals surface area (Å²) in [7, 11) is 2.28. The van der Waals surface area contributed by atoms with Gasteiger partial charge in [0.1, 0.15) is 11.6 Å². The lowest BCUT2D eigenvalue weighted by molar-refractivity contribution is -0.915. The number of nitrogens with zero attached hydrogens (tertiary/aromatic N) is 4. The Labute approximate surface area is 324 Å². The first kappa shape index (κ1) is 37.7. The lowest BCUT2D eigenvalue weighted by Crippen LogP contribution is -2.58. The zero-order chi connectivity index (χ0) is 37.5. The molecule has 14 heteroatoms. The van der Waals surface area contributed by atoms with E-state index in [1.807, 2.05) is 22.9 Å². The van der Waals surface area contributed by atoms with E-state index in [1.165, 1.54) is 39.4 Å². The SMILES string of the molecule is C[N+]1(CCCn2nnc3cc(CNC[C@H](O)C4CCC(O)C5NC(=O)CCC54)c4c(c32)CCC4)CCC(OC(=O)C(O)(c2cccs2)c2cccs2)CC1. The minimum atomic E-state index is -1.78. The van der Waals surface area contributed by atoms with Crippen molar-refractivity contribution in [2.75, 3.05) is 33.2 Å². The summed E-state index contributed by atoms with van der Waals surface area (Å²) in [4.78, 5) is 26.6. The maximum atomic E-state index is 13.5. The average Bonchev–Trinajstić information content (AvgIpc) is 4.01. The predicted molar refractivity (Wildman–Crippen MR) is 207 cm³/mol. The van der Waals surface area contributed by atoms with Crippen LogP contribution in [0.15, 0.2) is 41.1 Å². The number of hydrogen-bond acceptors (Lipinski definition) is 11. The fourth-order valence-electron chi connectivity index (χ4n) is 9.74. The largest absolute Gasteiger partial charge is 0.459 e. The Morgan fingerprint density at radius 3 is 2.56 bits per heavy atom. The molecule has 2 aliphatic heterocycles. The molecule has 5 N–H and O–H groups in total. The molecule has 4 aromatic rings. The van der Waals surface area contributed by atoms with E-state index in [9.17, 15) is 24.9 Å². The van der Waals surface area contributed by atoms with Gasteiger partial charge in [-0.2, -0.15) is 0 Å². The van der Waals surface area contributed by atoms with E-state index in [1.54, 1.807) is 12.1 Å². The number of nitrogens with one attached hydrogen (secondary N) is 2. The van der Waals surface area contributed by atoms with Crippen LogP contribution in [0.3, 0.4) is 0 Å². The van der Waals surface area contributed by atoms with E-state index in [2.05, 4.69) is 38.7 Å². The molecule has 12 nitrogen and oxygen atoms in total. The molecule has 4 aliphatic rings. The number of hydrogen-bond donors (Lipinski definition) is 5. The first-order valence-electron chi connectivity index (χ1n) is 19.7. The average molecular weight is 778 g/mol. The predicted octanol–water partition coefficient (Wildman–Crippen LogP) is 3.64. The minimum absolute atomic E-state index is 0.00606. The van der Waals surface area contributed by atoms with Gasteiger partial charge in [0.05, 0.1) is 60.2 Å². The van der Waals surface area contributed by atoms with Crippen LogP contribution in [0.5, 0.6) is 0 Å². The number of aryl methyl sites for hydroxylation is 2. The quantitative estimate of drug-likeness (QED) is 0.101. The van der Waals surface area contributed by atoms with Gasteiger partial charge in [-0.1, -0.05) is 17.3 Å². The summed E-state index contributed by atoms with van der Waals surface area (Å²) in [6, 6.07) is 9.18. The van der Waals surface area contributed by atoms with Gasteiger partial charge in [-0.25, -0.2) is 9.48 Å². The molecule has 1 amide bonds. The second-order valence-electron chi connectivity index (χ2n) is 16.2. The molecule has 1 saturated carbocycles. The van der Waals surface area contributed by atoms with E-state index in [4.69, 9.17) is 4.74 Å². The van der Waals surface area contributed by atoms with Gasteiger partial charge in [0, 0.05) is 45.3 Å². The van der Waals surface area contributed by atoms with Crippen LogP contribution in [0.4, 0.5) is 0 Å². The third-order valence-corrected chi connectivity index (χ3v) is 14.7. The number of amides is 1. The fraction of sp³-hybridized carbons (Fsp3) is 0.600. The number of aliphatic hydroxyl groups excluding tert-OH is 2. The third-order valence-electron chi connectivity index (χ3n) is 12.8. The van der Waals surface area contributed by atoms with Gasteiger partial charge in [-0.15, -0.1) is 27.8 Å². The molecule has 2 aliphatic carbocycles. The Kier molecular flexibility index (Phi) is 11.0. The van der Waals surface area contributed by atoms with Crippen molar-refractivity contribution in [3.05, 3.63) is 67.5 Å². The standard InChI is InChI=1S/C40H52N6O6S2/c1-46(18-14-26(15-19-46)52-39(50)40(51,34-8-3-20-53-34)35-9-4-21-54-35)17-5-16-45-38-30-7-2-6-27(30)25(22-31(38)43-44-45)23-41-24-33(48)28-10-12-32(47)37-29(28)11-13-36(49)42-37/h3-4,8-9,20-22,26,28-29,32-33,37,41,47-48,51H,2,5-7,10-19,23-24H2,1H3/p+1/t26?,28?,29?,32?,33-,37?,46?/m0/s1. The summed E-state index contributed by atoms with van der Waals surface area (Å²) in [6.07, 6.45) is 6.82. The highest BCUT2D eigenvalue weighted by Gasteiger charge is 2.46. The van der Waals surface area contributed by atoms with E-state index in [0.29, 0.717) is 42.1 Å². The van der Waals surface area contributed by atoms with E-state index >= 15 is 0 Å². The van der Waals surface area contributed by atoms with Crippen LogP contribution in [0.2, 0.25) is 0 Å². The Hall–Kier alpha value is -3.24.